The number of anilines is 1. The fourth-order valence-electron chi connectivity index (χ4n) is 4.51. The van der Waals surface area contributed by atoms with Crippen LogP contribution in [-0.2, 0) is 26.2 Å². The van der Waals surface area contributed by atoms with Crippen LogP contribution in [0.5, 0.6) is 5.75 Å². The predicted octanol–water partition coefficient (Wildman–Crippen LogP) is 5.40. The number of methoxy groups -OCH3 is 1. The fraction of sp³-hybridized carbons (Fsp3) is 0.355. The van der Waals surface area contributed by atoms with E-state index in [1.54, 1.807) is 6.92 Å². The summed E-state index contributed by atoms with van der Waals surface area (Å²) in [5, 5.41) is 14.7. The third-order valence-electron chi connectivity index (χ3n) is 6.75. The lowest BCUT2D eigenvalue weighted by Gasteiger charge is -2.33. The van der Waals surface area contributed by atoms with Gasteiger partial charge in [-0.2, -0.15) is 0 Å². The van der Waals surface area contributed by atoms with Gasteiger partial charge in [-0.25, -0.2) is 8.42 Å². The minimum Gasteiger partial charge on any atom is -0.495 e. The lowest BCUT2D eigenvalue weighted by atomic mass is 10.1. The van der Waals surface area contributed by atoms with Gasteiger partial charge in [0.15, 0.2) is 0 Å². The summed E-state index contributed by atoms with van der Waals surface area (Å²) in [6.45, 7) is 9.63. The number of nitro groups is 1. The Bertz CT molecular complexity index is 1670. The van der Waals surface area contributed by atoms with E-state index in [4.69, 9.17) is 16.3 Å². The highest BCUT2D eigenvalue weighted by Gasteiger charge is 2.35. The number of sulfonamides is 1. The zero-order valence-corrected chi connectivity index (χ0v) is 27.3. The van der Waals surface area contributed by atoms with E-state index in [9.17, 15) is 28.1 Å². The number of hydrogen-bond acceptors (Lipinski definition) is 7. The molecule has 3 aromatic carbocycles. The molecule has 3 rings (SSSR count). The Kier molecular flexibility index (Phi) is 10.6. The molecule has 0 bridgehead atoms. The smallest absolute Gasteiger partial charge is 0.273 e. The van der Waals surface area contributed by atoms with E-state index in [1.807, 2.05) is 52.0 Å². The van der Waals surface area contributed by atoms with Gasteiger partial charge in [0.05, 0.1) is 22.6 Å². The maximum Gasteiger partial charge on any atom is 0.273 e. The van der Waals surface area contributed by atoms with Gasteiger partial charge in [-0.3, -0.25) is 24.0 Å². The molecule has 0 heterocycles. The second-order valence-electron chi connectivity index (χ2n) is 11.5. The lowest BCUT2D eigenvalue weighted by molar-refractivity contribution is -0.385. The van der Waals surface area contributed by atoms with E-state index >= 15 is 0 Å². The fourth-order valence-corrected chi connectivity index (χ4v) is 6.11. The average Bonchev–Trinajstić information content (AvgIpc) is 2.93. The van der Waals surface area contributed by atoms with Gasteiger partial charge in [0, 0.05) is 28.7 Å². The van der Waals surface area contributed by atoms with Crippen molar-refractivity contribution in [2.45, 2.75) is 64.6 Å². The Balaban J connectivity index is 2.17. The van der Waals surface area contributed by atoms with E-state index in [2.05, 4.69) is 5.32 Å². The number of amides is 2. The predicted molar refractivity (Wildman–Crippen MR) is 169 cm³/mol. The van der Waals surface area contributed by atoms with Gasteiger partial charge in [-0.05, 0) is 71.4 Å². The van der Waals surface area contributed by atoms with Gasteiger partial charge in [0.25, 0.3) is 15.7 Å². The number of nitrogens with one attached hydrogen (secondary N) is 1. The Morgan fingerprint density at radius 2 is 1.75 bits per heavy atom. The number of rotatable bonds is 11. The summed E-state index contributed by atoms with van der Waals surface area (Å²) in [5.41, 5.74) is 0.892. The molecule has 0 unspecified atom stereocenters. The van der Waals surface area contributed by atoms with Crippen LogP contribution in [0.1, 0.15) is 44.4 Å². The molecule has 1 N–H and O–H groups in total. The summed E-state index contributed by atoms with van der Waals surface area (Å²) in [4.78, 5) is 39.3. The molecule has 3 aromatic rings. The van der Waals surface area contributed by atoms with Crippen LogP contribution in [0.25, 0.3) is 0 Å². The highest BCUT2D eigenvalue weighted by molar-refractivity contribution is 7.92. The molecule has 11 nitrogen and oxygen atoms in total. The molecule has 0 radical (unpaired) electrons. The van der Waals surface area contributed by atoms with Crippen LogP contribution in [0, 0.1) is 24.0 Å². The van der Waals surface area contributed by atoms with Crippen LogP contribution < -0.4 is 14.4 Å². The summed E-state index contributed by atoms with van der Waals surface area (Å²) in [6.07, 6.45) is 0. The minimum absolute atomic E-state index is 0.00974. The summed E-state index contributed by atoms with van der Waals surface area (Å²) in [5.74, 6) is -1.03. The number of nitrogens with zero attached hydrogens (tertiary/aromatic N) is 3. The first kappa shape index (κ1) is 34.3. The van der Waals surface area contributed by atoms with Crippen LogP contribution in [0.15, 0.2) is 65.6 Å². The molecular formula is C31H37ClN4O7S. The molecule has 0 aliphatic heterocycles. The lowest BCUT2D eigenvalue weighted by Crippen LogP contribution is -2.54. The SMILES string of the molecule is COc1ccc(Cl)cc1N(CC(=O)N(Cc1cccc(C)c1)[C@@H](C)C(=O)NC(C)(C)C)S(=O)(=O)c1ccc(C)c([N+](=O)[O-])c1. The van der Waals surface area contributed by atoms with Gasteiger partial charge < -0.3 is 15.0 Å². The largest absolute Gasteiger partial charge is 0.495 e. The van der Waals surface area contributed by atoms with Crippen molar-refractivity contribution >= 4 is 44.8 Å². The second kappa shape index (κ2) is 13.6. The summed E-state index contributed by atoms with van der Waals surface area (Å²) in [7, 11) is -3.28. The number of aryl methyl sites for hydroxylation is 2. The molecule has 0 fully saturated rings. The quantitative estimate of drug-likeness (QED) is 0.218. The van der Waals surface area contributed by atoms with E-state index in [1.165, 1.54) is 49.3 Å². The maximum atomic E-state index is 14.2. The van der Waals surface area contributed by atoms with Crippen LogP contribution in [0.2, 0.25) is 5.02 Å². The third-order valence-corrected chi connectivity index (χ3v) is 8.75. The van der Waals surface area contributed by atoms with Crippen LogP contribution >= 0.6 is 11.6 Å². The molecule has 0 aliphatic rings. The average molecular weight is 645 g/mol. The molecule has 2 amide bonds. The first-order valence-electron chi connectivity index (χ1n) is 13.7. The first-order valence-corrected chi connectivity index (χ1v) is 15.5. The number of carbonyl (C=O) groups excluding carboxylic acids is 2. The molecule has 0 saturated carbocycles. The minimum atomic E-state index is -4.62. The van der Waals surface area contributed by atoms with E-state index in [0.717, 1.165) is 21.5 Å². The van der Waals surface area contributed by atoms with Gasteiger partial charge >= 0.3 is 0 Å². The Morgan fingerprint density at radius 3 is 2.34 bits per heavy atom. The topological polar surface area (TPSA) is 139 Å². The van der Waals surface area contributed by atoms with Gasteiger partial charge in [-0.15, -0.1) is 0 Å². The monoisotopic (exact) mass is 644 g/mol. The molecule has 0 spiro atoms. The van der Waals surface area contributed by atoms with Crippen LogP contribution in [0.3, 0.4) is 0 Å². The van der Waals surface area contributed by atoms with Crippen molar-refractivity contribution in [3.05, 3.63) is 92.5 Å². The summed E-state index contributed by atoms with van der Waals surface area (Å²) >= 11 is 6.26. The normalized spacial score (nSPS) is 12.3. The highest BCUT2D eigenvalue weighted by atomic mass is 35.5. The number of ether oxygens (including phenoxy) is 1. The Hall–Kier alpha value is -4.16. The molecule has 1 atom stereocenters. The van der Waals surface area contributed by atoms with Crippen molar-refractivity contribution in [1.29, 1.82) is 0 Å². The standard InChI is InChI=1S/C31H37ClN4O7S/c1-20-9-8-10-23(15-20)18-34(22(3)30(38)33-31(4,5)6)29(37)19-35(27-16-24(32)12-14-28(27)43-7)44(41,42)25-13-11-21(2)26(17-25)36(39)40/h8-17,22H,18-19H2,1-7H3,(H,33,38)/t22-/m0/s1. The van der Waals surface area contributed by atoms with Gasteiger partial charge in [-0.1, -0.05) is 47.5 Å². The Labute approximate surface area is 263 Å². The highest BCUT2D eigenvalue weighted by Crippen LogP contribution is 2.36. The van der Waals surface area contributed by atoms with Crippen molar-refractivity contribution in [2.24, 2.45) is 0 Å². The van der Waals surface area contributed by atoms with E-state index < -0.39 is 55.5 Å². The molecule has 13 heteroatoms. The first-order chi connectivity index (χ1) is 20.4. The van der Waals surface area contributed by atoms with Crippen molar-refractivity contribution < 1.29 is 27.7 Å². The molecule has 44 heavy (non-hydrogen) atoms. The second-order valence-corrected chi connectivity index (χ2v) is 13.8. The number of carbonyl (C=O) groups is 2. The van der Waals surface area contributed by atoms with E-state index in [-0.39, 0.29) is 28.6 Å². The number of hydrogen-bond donors (Lipinski definition) is 1. The molecule has 236 valence electrons. The molecular weight excluding hydrogens is 608 g/mol. The van der Waals surface area contributed by atoms with Crippen LogP contribution in [-0.4, -0.2) is 55.3 Å². The van der Waals surface area contributed by atoms with Gasteiger partial charge in [0.2, 0.25) is 11.8 Å². The Morgan fingerprint density at radius 1 is 1.07 bits per heavy atom. The van der Waals surface area contributed by atoms with E-state index in [0.29, 0.717) is 0 Å². The van der Waals surface area contributed by atoms with Crippen LogP contribution in [0.4, 0.5) is 11.4 Å². The molecule has 0 aromatic heterocycles. The molecule has 0 aliphatic carbocycles. The van der Waals surface area contributed by atoms with Crippen molar-refractivity contribution in [1.82, 2.24) is 10.2 Å². The molecule has 0 saturated heterocycles. The zero-order valence-electron chi connectivity index (χ0n) is 25.8. The van der Waals surface area contributed by atoms with Crippen molar-refractivity contribution in [3.8, 4) is 5.75 Å². The summed E-state index contributed by atoms with van der Waals surface area (Å²) < 4.78 is 34.6. The number of halogens is 1. The maximum absolute atomic E-state index is 14.2. The van der Waals surface area contributed by atoms with Gasteiger partial charge in [0.1, 0.15) is 18.3 Å². The summed E-state index contributed by atoms with van der Waals surface area (Å²) in [6, 6.07) is 14.2. The third kappa shape index (κ3) is 8.26. The number of benzene rings is 3. The zero-order chi connectivity index (χ0) is 33.0. The van der Waals surface area contributed by atoms with Crippen molar-refractivity contribution in [3.63, 3.8) is 0 Å². The van der Waals surface area contributed by atoms with Crippen molar-refractivity contribution in [2.75, 3.05) is 18.0 Å². The number of nitro benzene ring substituents is 1.